The van der Waals surface area contributed by atoms with Gasteiger partial charge in [0, 0.05) is 11.9 Å². The molecule has 1 saturated heterocycles. The lowest BCUT2D eigenvalue weighted by Gasteiger charge is -2.34. The second-order valence-electron chi connectivity index (χ2n) is 6.18. The molecule has 2 heterocycles. The Balaban J connectivity index is 1.90. The van der Waals surface area contributed by atoms with Gasteiger partial charge in [0.15, 0.2) is 0 Å². The van der Waals surface area contributed by atoms with Crippen LogP contribution in [0.5, 0.6) is 0 Å². The van der Waals surface area contributed by atoms with Crippen molar-refractivity contribution in [2.24, 2.45) is 11.8 Å². The first-order valence-electron chi connectivity index (χ1n) is 7.52. The molecule has 1 aromatic carbocycles. The lowest BCUT2D eigenvalue weighted by Crippen LogP contribution is -2.38. The fraction of sp³-hybridized carbons (Fsp3) is 0.471. The molecule has 0 bridgehead atoms. The molecule has 2 unspecified atom stereocenters. The standard InChI is InChI=1S/C17H21NO3/c1-11-7-8-18(9-12(11)2)10-15-16(17(19)20)13-5-3-4-6-14(13)21-15/h3-6,11-12H,7-10H2,1-2H3,(H,19,20). The van der Waals surface area contributed by atoms with Crippen molar-refractivity contribution in [1.29, 1.82) is 0 Å². The molecule has 0 amide bonds. The van der Waals surface area contributed by atoms with Crippen LogP contribution in [-0.2, 0) is 6.54 Å². The molecule has 3 rings (SSSR count). The SMILES string of the molecule is CC1CCN(Cc2oc3ccccc3c2C(=O)O)CC1C. The van der Waals surface area contributed by atoms with E-state index >= 15 is 0 Å². The molecule has 4 heteroatoms. The summed E-state index contributed by atoms with van der Waals surface area (Å²) in [6, 6.07) is 7.35. The van der Waals surface area contributed by atoms with E-state index in [4.69, 9.17) is 4.42 Å². The molecule has 1 aliphatic rings. The summed E-state index contributed by atoms with van der Waals surface area (Å²) >= 11 is 0. The zero-order valence-electron chi connectivity index (χ0n) is 12.5. The van der Waals surface area contributed by atoms with Crippen LogP contribution in [-0.4, -0.2) is 29.1 Å². The number of benzene rings is 1. The molecule has 112 valence electrons. The van der Waals surface area contributed by atoms with Gasteiger partial charge in [0.05, 0.1) is 6.54 Å². The molecule has 0 radical (unpaired) electrons. The number of carbonyl (C=O) groups is 1. The summed E-state index contributed by atoms with van der Waals surface area (Å²) < 4.78 is 5.80. The first kappa shape index (κ1) is 14.1. The first-order valence-corrected chi connectivity index (χ1v) is 7.52. The van der Waals surface area contributed by atoms with Crippen molar-refractivity contribution in [2.45, 2.75) is 26.8 Å². The maximum absolute atomic E-state index is 11.6. The van der Waals surface area contributed by atoms with E-state index in [0.29, 0.717) is 34.8 Å². The van der Waals surface area contributed by atoms with E-state index in [9.17, 15) is 9.90 Å². The molecule has 1 N–H and O–H groups in total. The monoisotopic (exact) mass is 287 g/mol. The average molecular weight is 287 g/mol. The van der Waals surface area contributed by atoms with Gasteiger partial charge in [0.2, 0.25) is 0 Å². The van der Waals surface area contributed by atoms with Crippen molar-refractivity contribution < 1.29 is 14.3 Å². The number of para-hydroxylation sites is 1. The van der Waals surface area contributed by atoms with Crippen molar-refractivity contribution in [1.82, 2.24) is 4.90 Å². The number of aromatic carboxylic acids is 1. The lowest BCUT2D eigenvalue weighted by molar-refractivity contribution is 0.0691. The largest absolute Gasteiger partial charge is 0.478 e. The van der Waals surface area contributed by atoms with E-state index in [1.807, 2.05) is 24.3 Å². The zero-order chi connectivity index (χ0) is 15.0. The maximum Gasteiger partial charge on any atom is 0.339 e. The number of likely N-dealkylation sites (tertiary alicyclic amines) is 1. The predicted octanol–water partition coefficient (Wildman–Crippen LogP) is 3.61. The third-order valence-electron chi connectivity index (χ3n) is 4.67. The van der Waals surface area contributed by atoms with Gasteiger partial charge in [-0.3, -0.25) is 4.90 Å². The number of nitrogens with zero attached hydrogens (tertiary/aromatic N) is 1. The van der Waals surface area contributed by atoms with Gasteiger partial charge >= 0.3 is 5.97 Å². The predicted molar refractivity (Wildman–Crippen MR) is 81.4 cm³/mol. The van der Waals surface area contributed by atoms with E-state index in [2.05, 4.69) is 18.7 Å². The van der Waals surface area contributed by atoms with Crippen LogP contribution in [0.1, 0.15) is 36.4 Å². The summed E-state index contributed by atoms with van der Waals surface area (Å²) in [7, 11) is 0. The minimum Gasteiger partial charge on any atom is -0.478 e. The Morgan fingerprint density at radius 2 is 2.10 bits per heavy atom. The van der Waals surface area contributed by atoms with Gasteiger partial charge < -0.3 is 9.52 Å². The summed E-state index contributed by atoms with van der Waals surface area (Å²) in [6.45, 7) is 7.12. The van der Waals surface area contributed by atoms with Crippen molar-refractivity contribution in [3.05, 3.63) is 35.6 Å². The third kappa shape index (κ3) is 2.68. The molecule has 0 spiro atoms. The molecule has 2 aromatic rings. The molecule has 1 fully saturated rings. The Morgan fingerprint density at radius 3 is 2.81 bits per heavy atom. The van der Waals surface area contributed by atoms with Crippen LogP contribution in [0.15, 0.2) is 28.7 Å². The Kier molecular flexibility index (Phi) is 3.72. The Hall–Kier alpha value is -1.81. The van der Waals surface area contributed by atoms with Gasteiger partial charge in [-0.15, -0.1) is 0 Å². The van der Waals surface area contributed by atoms with E-state index in [1.165, 1.54) is 0 Å². The van der Waals surface area contributed by atoms with E-state index in [0.717, 1.165) is 25.4 Å². The molecule has 1 aromatic heterocycles. The van der Waals surface area contributed by atoms with Crippen molar-refractivity contribution in [3.8, 4) is 0 Å². The van der Waals surface area contributed by atoms with Crippen molar-refractivity contribution in [3.63, 3.8) is 0 Å². The molecule has 4 nitrogen and oxygen atoms in total. The first-order chi connectivity index (χ1) is 10.1. The van der Waals surface area contributed by atoms with Gasteiger partial charge in [-0.2, -0.15) is 0 Å². The number of piperidine rings is 1. The van der Waals surface area contributed by atoms with Gasteiger partial charge in [-0.25, -0.2) is 4.79 Å². The van der Waals surface area contributed by atoms with Crippen LogP contribution in [0.4, 0.5) is 0 Å². The van der Waals surface area contributed by atoms with Gasteiger partial charge in [0.1, 0.15) is 16.9 Å². The molecule has 0 saturated carbocycles. The normalized spacial score (nSPS) is 23.5. The quantitative estimate of drug-likeness (QED) is 0.937. The fourth-order valence-electron chi connectivity index (χ4n) is 3.14. The molecule has 21 heavy (non-hydrogen) atoms. The number of carboxylic acids is 1. The second-order valence-corrected chi connectivity index (χ2v) is 6.18. The van der Waals surface area contributed by atoms with E-state index in [-0.39, 0.29) is 0 Å². The summed E-state index contributed by atoms with van der Waals surface area (Å²) in [5, 5.41) is 10.2. The third-order valence-corrected chi connectivity index (χ3v) is 4.67. The molecular weight excluding hydrogens is 266 g/mol. The summed E-state index contributed by atoms with van der Waals surface area (Å²) in [6.07, 6.45) is 1.16. The van der Waals surface area contributed by atoms with Crippen LogP contribution in [0.3, 0.4) is 0 Å². The van der Waals surface area contributed by atoms with Crippen LogP contribution in [0.2, 0.25) is 0 Å². The number of furan rings is 1. The van der Waals surface area contributed by atoms with E-state index < -0.39 is 5.97 Å². The maximum atomic E-state index is 11.6. The lowest BCUT2D eigenvalue weighted by atomic mass is 9.88. The number of fused-ring (bicyclic) bond motifs is 1. The van der Waals surface area contributed by atoms with Gasteiger partial charge in [-0.1, -0.05) is 32.0 Å². The van der Waals surface area contributed by atoms with Crippen LogP contribution in [0.25, 0.3) is 11.0 Å². The smallest absolute Gasteiger partial charge is 0.339 e. The van der Waals surface area contributed by atoms with E-state index in [1.54, 1.807) is 0 Å². The Morgan fingerprint density at radius 1 is 1.33 bits per heavy atom. The zero-order valence-corrected chi connectivity index (χ0v) is 12.5. The van der Waals surface area contributed by atoms with Crippen molar-refractivity contribution in [2.75, 3.05) is 13.1 Å². The highest BCUT2D eigenvalue weighted by atomic mass is 16.4. The summed E-state index contributed by atoms with van der Waals surface area (Å²) in [5.41, 5.74) is 0.972. The minimum atomic E-state index is -0.909. The van der Waals surface area contributed by atoms with Gasteiger partial charge in [-0.05, 0) is 30.9 Å². The highest BCUT2D eigenvalue weighted by molar-refractivity contribution is 6.03. The molecule has 0 aliphatic carbocycles. The highest BCUT2D eigenvalue weighted by Gasteiger charge is 2.26. The van der Waals surface area contributed by atoms with Crippen LogP contribution >= 0.6 is 0 Å². The Bertz CT molecular complexity index is 661. The number of hydrogen-bond donors (Lipinski definition) is 1. The minimum absolute atomic E-state index is 0.317. The second kappa shape index (κ2) is 5.53. The van der Waals surface area contributed by atoms with Crippen molar-refractivity contribution >= 4 is 16.9 Å². The highest BCUT2D eigenvalue weighted by Crippen LogP contribution is 2.29. The summed E-state index contributed by atoms with van der Waals surface area (Å²) in [4.78, 5) is 13.9. The van der Waals surface area contributed by atoms with Crippen LogP contribution in [0, 0.1) is 11.8 Å². The number of hydrogen-bond acceptors (Lipinski definition) is 3. The fourth-order valence-corrected chi connectivity index (χ4v) is 3.14. The Labute approximate surface area is 124 Å². The number of carboxylic acid groups (broad SMARTS) is 1. The molecule has 1 aliphatic heterocycles. The average Bonchev–Trinajstić information content (AvgIpc) is 2.80. The number of rotatable bonds is 3. The van der Waals surface area contributed by atoms with Gasteiger partial charge in [0.25, 0.3) is 0 Å². The topological polar surface area (TPSA) is 53.7 Å². The summed E-state index contributed by atoms with van der Waals surface area (Å²) in [5.74, 6) is 1.03. The molecular formula is C17H21NO3. The molecule has 2 atom stereocenters. The van der Waals surface area contributed by atoms with Crippen LogP contribution < -0.4 is 0 Å².